The second-order valence-corrected chi connectivity index (χ2v) is 5.99. The van der Waals surface area contributed by atoms with Crippen molar-refractivity contribution in [3.63, 3.8) is 0 Å². The molecule has 1 fully saturated rings. The van der Waals surface area contributed by atoms with Gasteiger partial charge in [0.2, 0.25) is 5.88 Å². The summed E-state index contributed by atoms with van der Waals surface area (Å²) in [4.78, 5) is 20.1. The fourth-order valence-corrected chi connectivity index (χ4v) is 2.24. The Morgan fingerprint density at radius 1 is 1.24 bits per heavy atom. The number of hydrogen-bond acceptors (Lipinski definition) is 5. The van der Waals surface area contributed by atoms with Crippen molar-refractivity contribution in [1.82, 2.24) is 9.88 Å². The largest absolute Gasteiger partial charge is 0.480 e. The normalized spacial score (nSPS) is 15.8. The first-order chi connectivity index (χ1) is 9.90. The molecule has 1 aromatic rings. The maximum atomic E-state index is 12.0. The first-order valence-corrected chi connectivity index (χ1v) is 7.12. The lowest BCUT2D eigenvalue weighted by Gasteiger charge is -2.36. The molecule has 6 heteroatoms. The van der Waals surface area contributed by atoms with Gasteiger partial charge in [-0.1, -0.05) is 0 Å². The summed E-state index contributed by atoms with van der Waals surface area (Å²) in [5.41, 5.74) is 0.504. The van der Waals surface area contributed by atoms with E-state index >= 15 is 0 Å². The van der Waals surface area contributed by atoms with Crippen molar-refractivity contribution < 1.29 is 14.3 Å². The number of carbonyl (C=O) groups is 1. The van der Waals surface area contributed by atoms with Crippen LogP contribution in [0.25, 0.3) is 0 Å². The Labute approximate surface area is 125 Å². The highest BCUT2D eigenvalue weighted by Gasteiger charge is 2.26. The Hall–Kier alpha value is -1.98. The molecule has 1 aliphatic heterocycles. The van der Waals surface area contributed by atoms with Crippen molar-refractivity contribution in [1.29, 1.82) is 0 Å². The monoisotopic (exact) mass is 293 g/mol. The lowest BCUT2D eigenvalue weighted by Crippen LogP contribution is -2.50. The van der Waals surface area contributed by atoms with Crippen LogP contribution in [-0.2, 0) is 4.74 Å². The summed E-state index contributed by atoms with van der Waals surface area (Å²) in [5.74, 6) is 0.614. The van der Waals surface area contributed by atoms with Crippen molar-refractivity contribution in [3.8, 4) is 5.88 Å². The van der Waals surface area contributed by atoms with Gasteiger partial charge in [0, 0.05) is 32.4 Å². The summed E-state index contributed by atoms with van der Waals surface area (Å²) in [6, 6.07) is 3.87. The van der Waals surface area contributed by atoms with Gasteiger partial charge in [-0.15, -0.1) is 0 Å². The standard InChI is InChI=1S/C15H23N3O3/c1-15(2,3)21-14(19)18-10-8-17(9-11-18)12-6-5-7-16-13(12)20-4/h5-7H,8-11H2,1-4H3. The number of hydrogen-bond donors (Lipinski definition) is 0. The second-order valence-electron chi connectivity index (χ2n) is 5.99. The van der Waals surface area contributed by atoms with Crippen LogP contribution in [0.4, 0.5) is 10.5 Å². The summed E-state index contributed by atoms with van der Waals surface area (Å²) in [5, 5.41) is 0. The molecule has 0 radical (unpaired) electrons. The van der Waals surface area contributed by atoms with E-state index in [9.17, 15) is 4.79 Å². The highest BCUT2D eigenvalue weighted by atomic mass is 16.6. The molecule has 1 aromatic heterocycles. The maximum Gasteiger partial charge on any atom is 0.410 e. The number of pyridine rings is 1. The molecule has 2 rings (SSSR count). The molecule has 0 N–H and O–H groups in total. The third-order valence-corrected chi connectivity index (χ3v) is 3.22. The molecule has 116 valence electrons. The summed E-state index contributed by atoms with van der Waals surface area (Å²) in [6.45, 7) is 8.37. The van der Waals surface area contributed by atoms with Gasteiger partial charge in [0.05, 0.1) is 12.8 Å². The zero-order valence-corrected chi connectivity index (χ0v) is 13.1. The lowest BCUT2D eigenvalue weighted by molar-refractivity contribution is 0.0240. The zero-order chi connectivity index (χ0) is 15.5. The SMILES string of the molecule is COc1ncccc1N1CCN(C(=O)OC(C)(C)C)CC1. The van der Waals surface area contributed by atoms with Gasteiger partial charge in [-0.05, 0) is 32.9 Å². The van der Waals surface area contributed by atoms with Crippen LogP contribution in [0.15, 0.2) is 18.3 Å². The number of nitrogens with zero attached hydrogens (tertiary/aromatic N) is 3. The number of aromatic nitrogens is 1. The molecule has 0 saturated carbocycles. The molecule has 0 aliphatic carbocycles. The third-order valence-electron chi connectivity index (χ3n) is 3.22. The van der Waals surface area contributed by atoms with Gasteiger partial charge in [-0.25, -0.2) is 9.78 Å². The summed E-state index contributed by atoms with van der Waals surface area (Å²) < 4.78 is 10.7. The molecule has 0 atom stereocenters. The van der Waals surface area contributed by atoms with E-state index in [-0.39, 0.29) is 6.09 Å². The molecule has 1 amide bonds. The van der Waals surface area contributed by atoms with E-state index in [1.165, 1.54) is 0 Å². The average molecular weight is 293 g/mol. The van der Waals surface area contributed by atoms with Crippen molar-refractivity contribution in [3.05, 3.63) is 18.3 Å². The average Bonchev–Trinajstić information content (AvgIpc) is 2.45. The van der Waals surface area contributed by atoms with Crippen molar-refractivity contribution in [2.45, 2.75) is 26.4 Å². The van der Waals surface area contributed by atoms with E-state index in [0.717, 1.165) is 18.8 Å². The molecular weight excluding hydrogens is 270 g/mol. The number of piperazine rings is 1. The molecule has 1 saturated heterocycles. The zero-order valence-electron chi connectivity index (χ0n) is 13.1. The second kappa shape index (κ2) is 6.20. The van der Waals surface area contributed by atoms with E-state index in [1.807, 2.05) is 32.9 Å². The number of rotatable bonds is 2. The van der Waals surface area contributed by atoms with E-state index < -0.39 is 5.60 Å². The van der Waals surface area contributed by atoms with Crippen molar-refractivity contribution >= 4 is 11.8 Å². The molecular formula is C15H23N3O3. The number of carbonyl (C=O) groups excluding carboxylic acids is 1. The molecule has 6 nitrogen and oxygen atoms in total. The van der Waals surface area contributed by atoms with E-state index in [2.05, 4.69) is 9.88 Å². The number of anilines is 1. The first kappa shape index (κ1) is 15.4. The highest BCUT2D eigenvalue weighted by molar-refractivity contribution is 5.69. The minimum Gasteiger partial charge on any atom is -0.480 e. The highest BCUT2D eigenvalue weighted by Crippen LogP contribution is 2.26. The third kappa shape index (κ3) is 4.00. The van der Waals surface area contributed by atoms with Gasteiger partial charge in [0.25, 0.3) is 0 Å². The van der Waals surface area contributed by atoms with Gasteiger partial charge in [-0.3, -0.25) is 0 Å². The van der Waals surface area contributed by atoms with Gasteiger partial charge in [0.1, 0.15) is 5.60 Å². The number of amides is 1. The Morgan fingerprint density at radius 3 is 2.48 bits per heavy atom. The van der Waals surface area contributed by atoms with Crippen molar-refractivity contribution in [2.75, 3.05) is 38.2 Å². The fourth-order valence-electron chi connectivity index (χ4n) is 2.24. The van der Waals surface area contributed by atoms with E-state index in [0.29, 0.717) is 19.0 Å². The molecule has 21 heavy (non-hydrogen) atoms. The van der Waals surface area contributed by atoms with Gasteiger partial charge in [-0.2, -0.15) is 0 Å². The van der Waals surface area contributed by atoms with Crippen LogP contribution < -0.4 is 9.64 Å². The van der Waals surface area contributed by atoms with E-state index in [1.54, 1.807) is 18.2 Å². The van der Waals surface area contributed by atoms with Gasteiger partial charge in [0.15, 0.2) is 0 Å². The molecule has 0 bridgehead atoms. The number of methoxy groups -OCH3 is 1. The Bertz CT molecular complexity index is 491. The minimum absolute atomic E-state index is 0.250. The summed E-state index contributed by atoms with van der Waals surface area (Å²) in [6.07, 6.45) is 1.46. The molecule has 0 unspecified atom stereocenters. The first-order valence-electron chi connectivity index (χ1n) is 7.12. The summed E-state index contributed by atoms with van der Waals surface area (Å²) >= 11 is 0. The van der Waals surface area contributed by atoms with Gasteiger partial charge >= 0.3 is 6.09 Å². The quantitative estimate of drug-likeness (QED) is 0.836. The molecule has 0 aromatic carbocycles. The Balaban J connectivity index is 1.96. The van der Waals surface area contributed by atoms with Crippen LogP contribution in [0, 0.1) is 0 Å². The smallest absolute Gasteiger partial charge is 0.410 e. The van der Waals surface area contributed by atoms with Crippen LogP contribution in [0.5, 0.6) is 5.88 Å². The minimum atomic E-state index is -0.458. The van der Waals surface area contributed by atoms with Crippen LogP contribution in [0.1, 0.15) is 20.8 Å². The number of ether oxygens (including phenoxy) is 2. The summed E-state index contributed by atoms with van der Waals surface area (Å²) in [7, 11) is 1.61. The van der Waals surface area contributed by atoms with Crippen molar-refractivity contribution in [2.24, 2.45) is 0 Å². The van der Waals surface area contributed by atoms with Crippen LogP contribution in [0.3, 0.4) is 0 Å². The maximum absolute atomic E-state index is 12.0. The van der Waals surface area contributed by atoms with E-state index in [4.69, 9.17) is 9.47 Å². The molecule has 1 aliphatic rings. The predicted molar refractivity (Wildman–Crippen MR) is 80.8 cm³/mol. The molecule has 0 spiro atoms. The Morgan fingerprint density at radius 2 is 1.90 bits per heavy atom. The predicted octanol–water partition coefficient (Wildman–Crippen LogP) is 2.15. The fraction of sp³-hybridized carbons (Fsp3) is 0.600. The van der Waals surface area contributed by atoms with Gasteiger partial charge < -0.3 is 19.3 Å². The van der Waals surface area contributed by atoms with Crippen LogP contribution in [-0.4, -0.2) is 54.9 Å². The Kier molecular flexibility index (Phi) is 4.55. The van der Waals surface area contributed by atoms with Crippen LogP contribution in [0.2, 0.25) is 0 Å². The van der Waals surface area contributed by atoms with Crippen LogP contribution >= 0.6 is 0 Å². The molecule has 2 heterocycles. The lowest BCUT2D eigenvalue weighted by atomic mass is 10.2. The topological polar surface area (TPSA) is 54.9 Å².